The maximum absolute atomic E-state index is 12.1. The van der Waals surface area contributed by atoms with Crippen LogP contribution < -0.4 is 10.6 Å². The summed E-state index contributed by atoms with van der Waals surface area (Å²) < 4.78 is 0. The molecule has 0 aliphatic heterocycles. The fourth-order valence-electron chi connectivity index (χ4n) is 1.79. The Hall–Kier alpha value is -1.40. The van der Waals surface area contributed by atoms with E-state index in [4.69, 9.17) is 34.8 Å². The van der Waals surface area contributed by atoms with Crippen LogP contribution in [0, 0.1) is 0 Å². The number of hydrogen-bond acceptors (Lipinski definition) is 3. The van der Waals surface area contributed by atoms with Gasteiger partial charge in [0.2, 0.25) is 0 Å². The molecule has 0 atom stereocenters. The van der Waals surface area contributed by atoms with Gasteiger partial charge in [0.1, 0.15) is 0 Å². The van der Waals surface area contributed by atoms with Crippen LogP contribution in [0.15, 0.2) is 41.3 Å². The average molecular weight is 390 g/mol. The predicted molar refractivity (Wildman–Crippen MR) is 96.2 cm³/mol. The van der Waals surface area contributed by atoms with Gasteiger partial charge in [0, 0.05) is 10.6 Å². The van der Waals surface area contributed by atoms with Crippen molar-refractivity contribution in [1.29, 1.82) is 0 Å². The van der Waals surface area contributed by atoms with Gasteiger partial charge in [-0.05, 0) is 36.6 Å². The van der Waals surface area contributed by atoms with Crippen LogP contribution in [0.4, 0.5) is 10.5 Å². The van der Waals surface area contributed by atoms with Crippen molar-refractivity contribution >= 4 is 64.2 Å². The normalized spacial score (nSPS) is 10.3. The summed E-state index contributed by atoms with van der Waals surface area (Å²) in [6, 6.07) is 8.98. The Bertz CT molecular complexity index is 748. The van der Waals surface area contributed by atoms with Crippen LogP contribution in [0.1, 0.15) is 10.4 Å². The summed E-state index contributed by atoms with van der Waals surface area (Å²) in [5.41, 5.74) is 0.505. The summed E-state index contributed by atoms with van der Waals surface area (Å²) in [6.45, 7) is 0. The topological polar surface area (TPSA) is 58.2 Å². The Balaban J connectivity index is 2.08. The number of hydrogen-bond donors (Lipinski definition) is 2. The highest BCUT2D eigenvalue weighted by Crippen LogP contribution is 2.28. The molecule has 120 valence electrons. The fraction of sp³-hybridized carbons (Fsp3) is 0.0667. The third kappa shape index (κ3) is 4.54. The molecule has 2 aromatic rings. The number of amides is 3. The summed E-state index contributed by atoms with van der Waals surface area (Å²) in [5.74, 6) is -0.690. The third-order valence-corrected chi connectivity index (χ3v) is 4.68. The molecule has 0 fully saturated rings. The Kier molecular flexibility index (Phi) is 6.18. The van der Waals surface area contributed by atoms with E-state index in [2.05, 4.69) is 10.6 Å². The monoisotopic (exact) mass is 388 g/mol. The first-order valence-corrected chi connectivity index (χ1v) is 8.68. The van der Waals surface area contributed by atoms with E-state index in [1.54, 1.807) is 24.3 Å². The molecule has 0 radical (unpaired) electrons. The second-order valence-electron chi connectivity index (χ2n) is 4.35. The van der Waals surface area contributed by atoms with Gasteiger partial charge < -0.3 is 5.32 Å². The van der Waals surface area contributed by atoms with E-state index in [-0.39, 0.29) is 15.6 Å². The van der Waals surface area contributed by atoms with Crippen molar-refractivity contribution in [3.63, 3.8) is 0 Å². The number of benzene rings is 2. The average Bonchev–Trinajstić information content (AvgIpc) is 2.47. The molecule has 0 saturated heterocycles. The van der Waals surface area contributed by atoms with Crippen molar-refractivity contribution in [2.75, 3.05) is 11.6 Å². The first-order valence-electron chi connectivity index (χ1n) is 6.32. The number of rotatable bonds is 3. The lowest BCUT2D eigenvalue weighted by molar-refractivity contribution is 0.0967. The van der Waals surface area contributed by atoms with Crippen molar-refractivity contribution in [3.8, 4) is 0 Å². The van der Waals surface area contributed by atoms with E-state index < -0.39 is 11.9 Å². The van der Waals surface area contributed by atoms with Crippen LogP contribution in [0.3, 0.4) is 0 Å². The minimum Gasteiger partial charge on any atom is -0.308 e. The first kappa shape index (κ1) is 17.9. The lowest BCUT2D eigenvalue weighted by Crippen LogP contribution is -2.34. The highest BCUT2D eigenvalue weighted by Gasteiger charge is 2.17. The smallest absolute Gasteiger partial charge is 0.308 e. The number of halogens is 3. The number of urea groups is 1. The van der Waals surface area contributed by atoms with E-state index in [0.717, 1.165) is 4.90 Å². The molecular formula is C15H11Cl3N2O2S. The number of carbonyl (C=O) groups is 2. The van der Waals surface area contributed by atoms with Crippen LogP contribution >= 0.6 is 46.6 Å². The minimum atomic E-state index is -0.709. The number of nitrogens with one attached hydrogen (secondary N) is 2. The van der Waals surface area contributed by atoms with E-state index in [9.17, 15) is 9.59 Å². The SMILES string of the molecule is CSc1ccc(NC(=O)NC(=O)c2c(Cl)cccc2Cl)cc1Cl. The van der Waals surface area contributed by atoms with Gasteiger partial charge >= 0.3 is 6.03 Å². The number of imide groups is 1. The number of thioether (sulfide) groups is 1. The van der Waals surface area contributed by atoms with Gasteiger partial charge in [0.05, 0.1) is 20.6 Å². The number of carbonyl (C=O) groups excluding carboxylic acids is 2. The van der Waals surface area contributed by atoms with Gasteiger partial charge in [0.15, 0.2) is 0 Å². The minimum absolute atomic E-state index is 0.0433. The molecule has 0 aliphatic rings. The summed E-state index contributed by atoms with van der Waals surface area (Å²) in [4.78, 5) is 24.9. The van der Waals surface area contributed by atoms with Crippen molar-refractivity contribution in [3.05, 3.63) is 57.0 Å². The molecule has 0 aromatic heterocycles. The maximum Gasteiger partial charge on any atom is 0.326 e. The lowest BCUT2D eigenvalue weighted by atomic mass is 10.2. The van der Waals surface area contributed by atoms with E-state index >= 15 is 0 Å². The second-order valence-corrected chi connectivity index (χ2v) is 6.42. The second kappa shape index (κ2) is 7.93. The molecule has 0 bridgehead atoms. The molecule has 3 amide bonds. The number of anilines is 1. The molecule has 0 spiro atoms. The van der Waals surface area contributed by atoms with Crippen molar-refractivity contribution in [1.82, 2.24) is 5.32 Å². The van der Waals surface area contributed by atoms with Gasteiger partial charge in [-0.1, -0.05) is 40.9 Å². The van der Waals surface area contributed by atoms with E-state index in [0.29, 0.717) is 10.7 Å². The first-order chi connectivity index (χ1) is 10.9. The van der Waals surface area contributed by atoms with Crippen LogP contribution in [0.25, 0.3) is 0 Å². The van der Waals surface area contributed by atoms with Crippen molar-refractivity contribution in [2.24, 2.45) is 0 Å². The molecule has 2 N–H and O–H groups in total. The molecule has 0 aliphatic carbocycles. The van der Waals surface area contributed by atoms with Crippen LogP contribution in [-0.4, -0.2) is 18.2 Å². The van der Waals surface area contributed by atoms with Gasteiger partial charge in [-0.25, -0.2) is 4.79 Å². The lowest BCUT2D eigenvalue weighted by Gasteiger charge is -2.10. The van der Waals surface area contributed by atoms with Crippen molar-refractivity contribution < 1.29 is 9.59 Å². The van der Waals surface area contributed by atoms with Crippen LogP contribution in [0.5, 0.6) is 0 Å². The quantitative estimate of drug-likeness (QED) is 0.697. The van der Waals surface area contributed by atoms with Gasteiger partial charge in [-0.3, -0.25) is 10.1 Å². The third-order valence-electron chi connectivity index (χ3n) is 2.83. The largest absolute Gasteiger partial charge is 0.326 e. The molecule has 0 saturated carbocycles. The summed E-state index contributed by atoms with van der Waals surface area (Å²) in [5, 5.41) is 5.53. The molecule has 2 rings (SSSR count). The van der Waals surface area contributed by atoms with Crippen molar-refractivity contribution in [2.45, 2.75) is 4.90 Å². The Labute approximate surface area is 152 Å². The zero-order valence-corrected chi connectivity index (χ0v) is 14.9. The Morgan fingerprint density at radius 3 is 2.22 bits per heavy atom. The molecular weight excluding hydrogens is 379 g/mol. The van der Waals surface area contributed by atoms with Gasteiger partial charge in [-0.15, -0.1) is 11.8 Å². The molecule has 23 heavy (non-hydrogen) atoms. The molecule has 0 unspecified atom stereocenters. The molecule has 4 nitrogen and oxygen atoms in total. The highest BCUT2D eigenvalue weighted by molar-refractivity contribution is 7.98. The van der Waals surface area contributed by atoms with Crippen LogP contribution in [-0.2, 0) is 0 Å². The summed E-state index contributed by atoms with van der Waals surface area (Å²) in [7, 11) is 0. The van der Waals surface area contributed by atoms with Crippen LogP contribution in [0.2, 0.25) is 15.1 Å². The standard InChI is InChI=1S/C15H11Cl3N2O2S/c1-23-12-6-5-8(7-11(12)18)19-15(22)20-14(21)13-9(16)3-2-4-10(13)17/h2-7H,1H3,(H2,19,20,21,22). The highest BCUT2D eigenvalue weighted by atomic mass is 35.5. The zero-order chi connectivity index (χ0) is 17.0. The Morgan fingerprint density at radius 1 is 1.00 bits per heavy atom. The molecule has 8 heteroatoms. The summed E-state index contributed by atoms with van der Waals surface area (Å²) in [6.07, 6.45) is 1.90. The summed E-state index contributed by atoms with van der Waals surface area (Å²) >= 11 is 19.4. The maximum atomic E-state index is 12.1. The fourth-order valence-corrected chi connectivity index (χ4v) is 3.23. The zero-order valence-electron chi connectivity index (χ0n) is 11.8. The van der Waals surface area contributed by atoms with E-state index in [1.807, 2.05) is 6.26 Å². The van der Waals surface area contributed by atoms with E-state index in [1.165, 1.54) is 23.9 Å². The van der Waals surface area contributed by atoms with Gasteiger partial charge in [0.25, 0.3) is 5.91 Å². The molecule has 0 heterocycles. The molecule has 2 aromatic carbocycles. The van der Waals surface area contributed by atoms with Gasteiger partial charge in [-0.2, -0.15) is 0 Å². The Morgan fingerprint density at radius 2 is 1.65 bits per heavy atom. The predicted octanol–water partition coefficient (Wildman–Crippen LogP) is 5.33.